The van der Waals surface area contributed by atoms with Crippen LogP contribution >= 0.6 is 35.1 Å². The second kappa shape index (κ2) is 7.25. The fraction of sp³-hybridized carbons (Fsp3) is 0.0667. The summed E-state index contributed by atoms with van der Waals surface area (Å²) in [6.45, 7) is 3.67. The van der Waals surface area contributed by atoms with Crippen molar-refractivity contribution in [1.29, 1.82) is 0 Å². The van der Waals surface area contributed by atoms with E-state index in [1.165, 1.54) is 29.7 Å². The van der Waals surface area contributed by atoms with E-state index in [2.05, 4.69) is 27.1 Å². The first-order valence-corrected chi connectivity index (χ1v) is 8.89. The molecule has 0 radical (unpaired) electrons. The summed E-state index contributed by atoms with van der Waals surface area (Å²) in [5.41, 5.74) is 9.12. The molecule has 0 atom stereocenters. The van der Waals surface area contributed by atoms with E-state index in [0.29, 0.717) is 15.2 Å². The zero-order valence-corrected chi connectivity index (χ0v) is 15.1. The van der Waals surface area contributed by atoms with E-state index in [1.807, 2.05) is 29.7 Å². The normalized spacial score (nSPS) is 17.9. The molecule has 24 heavy (non-hydrogen) atoms. The minimum absolute atomic E-state index is 0.560. The van der Waals surface area contributed by atoms with Crippen LogP contribution in [-0.4, -0.2) is 25.3 Å². The van der Waals surface area contributed by atoms with Gasteiger partial charge in [0, 0.05) is 29.4 Å². The second-order valence-electron chi connectivity index (χ2n) is 4.70. The minimum Gasteiger partial charge on any atom is -0.393 e. The van der Waals surface area contributed by atoms with Crippen LogP contribution < -0.4 is 5.73 Å². The summed E-state index contributed by atoms with van der Waals surface area (Å²) < 4.78 is 1.56. The molecule has 0 aliphatic carbocycles. The quantitative estimate of drug-likeness (QED) is 0.823. The molecule has 1 aliphatic rings. The van der Waals surface area contributed by atoms with E-state index in [0.717, 1.165) is 21.8 Å². The Morgan fingerprint density at radius 3 is 3.00 bits per heavy atom. The number of nitrogens with two attached hydrogens (primary N) is 1. The number of hydrogen-bond donors (Lipinski definition) is 1. The van der Waals surface area contributed by atoms with Crippen molar-refractivity contribution in [1.82, 2.24) is 20.2 Å². The van der Waals surface area contributed by atoms with Crippen molar-refractivity contribution in [3.8, 4) is 0 Å². The maximum atomic E-state index is 6.36. The van der Waals surface area contributed by atoms with Gasteiger partial charge in [0.2, 0.25) is 5.16 Å². The van der Waals surface area contributed by atoms with Gasteiger partial charge in [-0.3, -0.25) is 0 Å². The largest absolute Gasteiger partial charge is 0.393 e. The highest BCUT2D eigenvalue weighted by Crippen LogP contribution is 2.41. The standard InChI is InChI=1S/C15H13ClN6S2/c1-3-18-14-12(13(17)24-15-19-20-21-22(15)2)11(8-23-14)9-5-4-6-10(16)7-9/h3-8H,1,17H2,2H3/b13-12+,18-14+. The van der Waals surface area contributed by atoms with Crippen LogP contribution in [-0.2, 0) is 7.05 Å². The molecule has 0 unspecified atom stereocenters. The van der Waals surface area contributed by atoms with Crippen LogP contribution in [0.2, 0.25) is 5.02 Å². The lowest BCUT2D eigenvalue weighted by molar-refractivity contribution is 0.665. The van der Waals surface area contributed by atoms with Crippen LogP contribution in [0.25, 0.3) is 5.57 Å². The predicted octanol–water partition coefficient (Wildman–Crippen LogP) is 3.46. The lowest BCUT2D eigenvalue weighted by Gasteiger charge is -2.10. The number of aliphatic imine (C=N–C) groups is 1. The molecular formula is C15H13ClN6S2. The summed E-state index contributed by atoms with van der Waals surface area (Å²) in [5.74, 6) is 0. The number of tetrazole rings is 1. The highest BCUT2D eigenvalue weighted by Gasteiger charge is 2.25. The number of allylic oxidation sites excluding steroid dienone is 1. The van der Waals surface area contributed by atoms with Gasteiger partial charge in [0.15, 0.2) is 0 Å². The SMILES string of the molecule is C=C/N=C1/SC=C(c2cccc(Cl)c2)/C1=C(/N)Sc1nnnn1C. The number of nitrogens with zero attached hydrogens (tertiary/aromatic N) is 5. The van der Waals surface area contributed by atoms with Crippen molar-refractivity contribution >= 4 is 45.7 Å². The monoisotopic (exact) mass is 376 g/mol. The second-order valence-corrected chi connectivity index (χ2v) is 7.01. The Balaban J connectivity index is 2.06. The van der Waals surface area contributed by atoms with Crippen molar-refractivity contribution in [2.75, 3.05) is 0 Å². The Bertz CT molecular complexity index is 884. The smallest absolute Gasteiger partial charge is 0.215 e. The number of thioether (sulfide) groups is 2. The lowest BCUT2D eigenvalue weighted by atomic mass is 10.0. The first-order valence-electron chi connectivity index (χ1n) is 6.82. The van der Waals surface area contributed by atoms with Crippen LogP contribution in [0.15, 0.2) is 63.2 Å². The average molecular weight is 377 g/mol. The summed E-state index contributed by atoms with van der Waals surface area (Å²) in [4.78, 5) is 4.32. The molecule has 1 aromatic heterocycles. The number of benzene rings is 1. The predicted molar refractivity (Wildman–Crippen MR) is 101 cm³/mol. The molecule has 9 heteroatoms. The molecule has 0 spiro atoms. The molecule has 0 bridgehead atoms. The summed E-state index contributed by atoms with van der Waals surface area (Å²) in [6, 6.07) is 7.61. The molecule has 0 amide bonds. The van der Waals surface area contributed by atoms with Gasteiger partial charge >= 0.3 is 0 Å². The molecule has 3 rings (SSSR count). The van der Waals surface area contributed by atoms with E-state index in [9.17, 15) is 0 Å². The highest BCUT2D eigenvalue weighted by atomic mass is 35.5. The van der Waals surface area contributed by atoms with Crippen LogP contribution in [0.1, 0.15) is 5.56 Å². The van der Waals surface area contributed by atoms with Crippen LogP contribution in [0.3, 0.4) is 0 Å². The summed E-state index contributed by atoms with van der Waals surface area (Å²) in [6.07, 6.45) is 1.50. The first-order chi connectivity index (χ1) is 11.6. The Hall–Kier alpha value is -2.03. The molecule has 1 aliphatic heterocycles. The molecule has 0 saturated carbocycles. The number of aryl methyl sites for hydroxylation is 1. The maximum absolute atomic E-state index is 6.36. The van der Waals surface area contributed by atoms with Crippen molar-refractivity contribution in [2.24, 2.45) is 17.8 Å². The lowest BCUT2D eigenvalue weighted by Crippen LogP contribution is -2.06. The minimum atomic E-state index is 0.560. The Morgan fingerprint density at radius 1 is 1.50 bits per heavy atom. The molecule has 2 aromatic rings. The Kier molecular flexibility index (Phi) is 5.08. The third-order valence-corrected chi connectivity index (χ3v) is 5.22. The number of rotatable bonds is 4. The topological polar surface area (TPSA) is 82.0 Å². The van der Waals surface area contributed by atoms with Gasteiger partial charge in [-0.15, -0.1) is 5.10 Å². The fourth-order valence-electron chi connectivity index (χ4n) is 2.09. The van der Waals surface area contributed by atoms with Crippen molar-refractivity contribution in [3.05, 3.63) is 63.6 Å². The third kappa shape index (κ3) is 3.40. The van der Waals surface area contributed by atoms with Gasteiger partial charge < -0.3 is 5.73 Å². The molecule has 0 fully saturated rings. The Labute approximate surface area is 152 Å². The van der Waals surface area contributed by atoms with Gasteiger partial charge in [0.05, 0.1) is 5.03 Å². The van der Waals surface area contributed by atoms with Crippen molar-refractivity contribution in [3.63, 3.8) is 0 Å². The molecule has 6 nitrogen and oxygen atoms in total. The van der Waals surface area contributed by atoms with E-state index in [1.54, 1.807) is 11.7 Å². The van der Waals surface area contributed by atoms with Gasteiger partial charge in [-0.2, -0.15) is 0 Å². The maximum Gasteiger partial charge on any atom is 0.215 e. The van der Waals surface area contributed by atoms with E-state index in [-0.39, 0.29) is 0 Å². The fourth-order valence-corrected chi connectivity index (χ4v) is 4.05. The van der Waals surface area contributed by atoms with E-state index >= 15 is 0 Å². The molecular weight excluding hydrogens is 364 g/mol. The van der Waals surface area contributed by atoms with Gasteiger partial charge in [-0.25, -0.2) is 9.67 Å². The van der Waals surface area contributed by atoms with Crippen LogP contribution in [0.5, 0.6) is 0 Å². The molecule has 1 aromatic carbocycles. The first kappa shape index (κ1) is 16.8. The van der Waals surface area contributed by atoms with Crippen LogP contribution in [0.4, 0.5) is 0 Å². The van der Waals surface area contributed by atoms with Crippen molar-refractivity contribution in [2.45, 2.75) is 5.16 Å². The Morgan fingerprint density at radius 2 is 2.33 bits per heavy atom. The van der Waals surface area contributed by atoms with Gasteiger partial charge in [-0.1, -0.05) is 42.1 Å². The van der Waals surface area contributed by atoms with Crippen LogP contribution in [0, 0.1) is 0 Å². The van der Waals surface area contributed by atoms with E-state index < -0.39 is 0 Å². The number of aromatic nitrogens is 4. The third-order valence-electron chi connectivity index (χ3n) is 3.14. The summed E-state index contributed by atoms with van der Waals surface area (Å²) in [7, 11) is 1.76. The zero-order valence-electron chi connectivity index (χ0n) is 12.7. The summed E-state index contributed by atoms with van der Waals surface area (Å²) >= 11 is 8.90. The van der Waals surface area contributed by atoms with Gasteiger partial charge in [0.25, 0.3) is 0 Å². The molecule has 0 saturated heterocycles. The molecule has 2 N–H and O–H groups in total. The van der Waals surface area contributed by atoms with Gasteiger partial charge in [0.1, 0.15) is 5.04 Å². The molecule has 122 valence electrons. The highest BCUT2D eigenvalue weighted by molar-refractivity contribution is 8.17. The zero-order chi connectivity index (χ0) is 17.1. The average Bonchev–Trinajstić information content (AvgIpc) is 3.15. The molecule has 2 heterocycles. The summed E-state index contributed by atoms with van der Waals surface area (Å²) in [5, 5.41) is 16.0. The van der Waals surface area contributed by atoms with Crippen molar-refractivity contribution < 1.29 is 0 Å². The number of halogens is 1. The number of hydrogen-bond acceptors (Lipinski definition) is 7. The van der Waals surface area contributed by atoms with E-state index in [4.69, 9.17) is 17.3 Å². The van der Waals surface area contributed by atoms with Gasteiger partial charge in [-0.05, 0) is 45.3 Å².